The summed E-state index contributed by atoms with van der Waals surface area (Å²) in [7, 11) is 0. The summed E-state index contributed by atoms with van der Waals surface area (Å²) in [6, 6.07) is 7.06. The van der Waals surface area contributed by atoms with Crippen molar-refractivity contribution in [1.29, 1.82) is 0 Å². The van der Waals surface area contributed by atoms with E-state index in [9.17, 15) is 9.59 Å². The van der Waals surface area contributed by atoms with Crippen molar-refractivity contribution in [2.24, 2.45) is 0 Å². The number of anilines is 1. The molecule has 3 heterocycles. The molecule has 1 aliphatic rings. The number of benzene rings is 1. The van der Waals surface area contributed by atoms with E-state index in [1.807, 2.05) is 18.7 Å². The van der Waals surface area contributed by atoms with Gasteiger partial charge in [0, 0.05) is 32.0 Å². The third-order valence-electron chi connectivity index (χ3n) is 5.02. The number of rotatable bonds is 3. The molecule has 0 saturated carbocycles. The molecule has 7 nitrogen and oxygen atoms in total. The highest BCUT2D eigenvalue weighted by Gasteiger charge is 2.24. The number of hydrogen-bond donors (Lipinski definition) is 2. The summed E-state index contributed by atoms with van der Waals surface area (Å²) in [5.41, 5.74) is 8.20. The molecular formula is C20H22N4O3. The molecule has 0 fully saturated rings. The molecule has 0 spiro atoms. The molecule has 0 bridgehead atoms. The topological polar surface area (TPSA) is 105 Å². The summed E-state index contributed by atoms with van der Waals surface area (Å²) < 4.78 is 5.62. The van der Waals surface area contributed by atoms with E-state index >= 15 is 0 Å². The van der Waals surface area contributed by atoms with E-state index in [0.29, 0.717) is 54.0 Å². The Balaban J connectivity index is 1.65. The first-order valence-electron chi connectivity index (χ1n) is 9.08. The van der Waals surface area contributed by atoms with E-state index in [0.717, 1.165) is 5.69 Å². The number of nitrogens with one attached hydrogen (secondary N) is 1. The van der Waals surface area contributed by atoms with Crippen LogP contribution in [0.3, 0.4) is 0 Å². The van der Waals surface area contributed by atoms with Crippen molar-refractivity contribution in [2.45, 2.75) is 39.3 Å². The lowest BCUT2D eigenvalue weighted by molar-refractivity contribution is 0.240. The first-order valence-corrected chi connectivity index (χ1v) is 9.08. The van der Waals surface area contributed by atoms with E-state index in [1.165, 1.54) is 0 Å². The van der Waals surface area contributed by atoms with Crippen molar-refractivity contribution in [3.05, 3.63) is 67.5 Å². The van der Waals surface area contributed by atoms with Gasteiger partial charge in [-0.15, -0.1) is 0 Å². The van der Waals surface area contributed by atoms with Crippen LogP contribution in [0.15, 0.2) is 38.3 Å². The Bertz CT molecular complexity index is 1130. The maximum atomic E-state index is 12.8. The Hall–Kier alpha value is -2.93. The van der Waals surface area contributed by atoms with Crippen LogP contribution in [0.25, 0.3) is 11.0 Å². The van der Waals surface area contributed by atoms with Gasteiger partial charge >= 0.3 is 0 Å². The number of nitrogens with zero attached hydrogens (tertiary/aromatic N) is 2. The molecule has 0 atom stereocenters. The van der Waals surface area contributed by atoms with Gasteiger partial charge in [0.15, 0.2) is 11.3 Å². The number of nitrogens with two attached hydrogens (primary N) is 1. The van der Waals surface area contributed by atoms with E-state index < -0.39 is 0 Å². The van der Waals surface area contributed by atoms with Gasteiger partial charge in [0.2, 0.25) is 0 Å². The van der Waals surface area contributed by atoms with Gasteiger partial charge in [-0.2, -0.15) is 0 Å². The minimum Gasteiger partial charge on any atom is -0.440 e. The highest BCUT2D eigenvalue weighted by Crippen LogP contribution is 2.22. The Morgan fingerprint density at radius 1 is 1.30 bits per heavy atom. The summed E-state index contributed by atoms with van der Waals surface area (Å²) in [5.74, 6) is 1.02. The lowest BCUT2D eigenvalue weighted by atomic mass is 10.0. The van der Waals surface area contributed by atoms with Crippen LogP contribution in [0.4, 0.5) is 5.88 Å². The highest BCUT2D eigenvalue weighted by atomic mass is 16.3. The Morgan fingerprint density at radius 2 is 2.07 bits per heavy atom. The molecule has 3 N–H and O–H groups in total. The van der Waals surface area contributed by atoms with Gasteiger partial charge < -0.3 is 15.1 Å². The van der Waals surface area contributed by atoms with Crippen molar-refractivity contribution >= 4 is 16.9 Å². The van der Waals surface area contributed by atoms with Crippen LogP contribution in [-0.4, -0.2) is 21.4 Å². The average molecular weight is 366 g/mol. The molecule has 2 aromatic heterocycles. The molecule has 0 radical (unpaired) electrons. The normalized spacial score (nSPS) is 14.6. The average Bonchev–Trinajstić information content (AvgIpc) is 2.65. The molecule has 7 heteroatoms. The predicted molar refractivity (Wildman–Crippen MR) is 104 cm³/mol. The van der Waals surface area contributed by atoms with Crippen LogP contribution < -0.4 is 16.7 Å². The number of fused-ring (bicyclic) bond motifs is 2. The monoisotopic (exact) mass is 366 g/mol. The van der Waals surface area contributed by atoms with Crippen LogP contribution in [0.1, 0.15) is 42.4 Å². The van der Waals surface area contributed by atoms with E-state index in [1.54, 1.807) is 24.3 Å². The number of para-hydroxylation sites is 1. The fourth-order valence-electron chi connectivity index (χ4n) is 3.48. The van der Waals surface area contributed by atoms with Crippen LogP contribution in [-0.2, 0) is 19.5 Å². The van der Waals surface area contributed by atoms with E-state index in [2.05, 4.69) is 9.97 Å². The third kappa shape index (κ3) is 3.14. The molecule has 0 unspecified atom stereocenters. The lowest BCUT2D eigenvalue weighted by Gasteiger charge is -2.28. The highest BCUT2D eigenvalue weighted by molar-refractivity contribution is 5.78. The van der Waals surface area contributed by atoms with Crippen molar-refractivity contribution < 1.29 is 4.42 Å². The standard InChI is InChI=1S/C20H22N4O3/c1-11(2)19-22-15-7-8-24(9-13(15)20(26)23-19)10-14-17(25)12-5-3-4-6-16(12)27-18(14)21/h3-6,11H,7-10,21H2,1-2H3,(H,22,23,26). The lowest BCUT2D eigenvalue weighted by Crippen LogP contribution is -2.37. The largest absolute Gasteiger partial charge is 0.440 e. The van der Waals surface area contributed by atoms with Gasteiger partial charge in [0.1, 0.15) is 11.4 Å². The van der Waals surface area contributed by atoms with Crippen molar-refractivity contribution in [2.75, 3.05) is 12.3 Å². The molecule has 27 heavy (non-hydrogen) atoms. The summed E-state index contributed by atoms with van der Waals surface area (Å²) in [6.07, 6.45) is 0.664. The summed E-state index contributed by atoms with van der Waals surface area (Å²) >= 11 is 0. The smallest absolute Gasteiger partial charge is 0.255 e. The summed E-state index contributed by atoms with van der Waals surface area (Å²) in [6.45, 7) is 5.47. The van der Waals surface area contributed by atoms with E-state index in [-0.39, 0.29) is 22.8 Å². The van der Waals surface area contributed by atoms with Gasteiger partial charge in [-0.05, 0) is 12.1 Å². The SMILES string of the molecule is CC(C)c1nc2c(c(=O)[nH]1)CN(Cc1c(N)oc3ccccc3c1=O)CC2. The zero-order chi connectivity index (χ0) is 19.1. The number of hydrogen-bond acceptors (Lipinski definition) is 6. The maximum absolute atomic E-state index is 12.8. The molecule has 3 aromatic rings. The van der Waals surface area contributed by atoms with Gasteiger partial charge in [-0.3, -0.25) is 14.5 Å². The van der Waals surface area contributed by atoms with Gasteiger partial charge in [0.05, 0.1) is 22.2 Å². The second-order valence-electron chi connectivity index (χ2n) is 7.26. The zero-order valence-corrected chi connectivity index (χ0v) is 15.4. The number of aromatic amines is 1. The Labute approximate surface area is 155 Å². The minimum absolute atomic E-state index is 0.105. The van der Waals surface area contributed by atoms with Crippen molar-refractivity contribution in [3.8, 4) is 0 Å². The minimum atomic E-state index is -0.123. The first-order chi connectivity index (χ1) is 12.9. The molecule has 4 rings (SSSR count). The molecule has 0 saturated heterocycles. The van der Waals surface area contributed by atoms with Crippen molar-refractivity contribution in [3.63, 3.8) is 0 Å². The van der Waals surface area contributed by atoms with Gasteiger partial charge in [0.25, 0.3) is 5.56 Å². The molecule has 140 valence electrons. The number of aromatic nitrogens is 2. The van der Waals surface area contributed by atoms with Crippen LogP contribution in [0, 0.1) is 0 Å². The van der Waals surface area contributed by atoms with Crippen LogP contribution in [0.5, 0.6) is 0 Å². The van der Waals surface area contributed by atoms with Crippen molar-refractivity contribution in [1.82, 2.24) is 14.9 Å². The molecule has 0 amide bonds. The fraction of sp³-hybridized carbons (Fsp3) is 0.350. The summed E-state index contributed by atoms with van der Waals surface area (Å²) in [4.78, 5) is 34.8. The molecule has 1 aliphatic heterocycles. The number of nitrogen functional groups attached to an aromatic ring is 1. The third-order valence-corrected chi connectivity index (χ3v) is 5.02. The molecular weight excluding hydrogens is 344 g/mol. The Kier molecular flexibility index (Phi) is 4.31. The fourth-order valence-corrected chi connectivity index (χ4v) is 3.48. The maximum Gasteiger partial charge on any atom is 0.255 e. The quantitative estimate of drug-likeness (QED) is 0.736. The second kappa shape index (κ2) is 6.66. The predicted octanol–water partition coefficient (Wildman–Crippen LogP) is 2.14. The number of H-pyrrole nitrogens is 1. The molecule has 1 aromatic carbocycles. The molecule has 0 aliphatic carbocycles. The van der Waals surface area contributed by atoms with E-state index in [4.69, 9.17) is 10.2 Å². The first kappa shape index (κ1) is 17.5. The second-order valence-corrected chi connectivity index (χ2v) is 7.26. The van der Waals surface area contributed by atoms with Gasteiger partial charge in [-0.25, -0.2) is 4.98 Å². The Morgan fingerprint density at radius 3 is 2.85 bits per heavy atom. The zero-order valence-electron chi connectivity index (χ0n) is 15.4. The van der Waals surface area contributed by atoms with Crippen LogP contribution >= 0.6 is 0 Å². The summed E-state index contributed by atoms with van der Waals surface area (Å²) in [5, 5.41) is 0.514. The van der Waals surface area contributed by atoms with Crippen LogP contribution in [0.2, 0.25) is 0 Å². The van der Waals surface area contributed by atoms with Gasteiger partial charge in [-0.1, -0.05) is 26.0 Å².